The van der Waals surface area contributed by atoms with Gasteiger partial charge in [0.15, 0.2) is 5.82 Å². The van der Waals surface area contributed by atoms with E-state index in [2.05, 4.69) is 48.5 Å². The molecule has 0 aliphatic heterocycles. The van der Waals surface area contributed by atoms with Crippen LogP contribution in [0.4, 0.5) is 0 Å². The number of ether oxygens (including phenoxy) is 1. The lowest BCUT2D eigenvalue weighted by molar-refractivity contribution is 0.104. The van der Waals surface area contributed by atoms with Gasteiger partial charge in [-0.3, -0.25) is 0 Å². The van der Waals surface area contributed by atoms with E-state index in [0.29, 0.717) is 11.8 Å². The van der Waals surface area contributed by atoms with Crippen molar-refractivity contribution in [2.45, 2.75) is 47.2 Å². The Balaban J connectivity index is 2.21. The quantitative estimate of drug-likeness (QED) is 0.652. The molecule has 1 rings (SSSR count). The molecule has 1 N–H and O–H groups in total. The fourth-order valence-corrected chi connectivity index (χ4v) is 1.63. The molecular weight excluding hydrogens is 242 g/mol. The van der Waals surface area contributed by atoms with Crippen molar-refractivity contribution >= 4 is 0 Å². The van der Waals surface area contributed by atoms with Gasteiger partial charge < -0.3 is 10.1 Å². The summed E-state index contributed by atoms with van der Waals surface area (Å²) in [5.41, 5.74) is 0. The van der Waals surface area contributed by atoms with Gasteiger partial charge in [-0.1, -0.05) is 27.7 Å². The summed E-state index contributed by atoms with van der Waals surface area (Å²) in [4.78, 5) is 0. The van der Waals surface area contributed by atoms with Crippen LogP contribution in [-0.4, -0.2) is 40.0 Å². The van der Waals surface area contributed by atoms with E-state index in [9.17, 15) is 0 Å². The highest BCUT2D eigenvalue weighted by Gasteiger charge is 2.05. The molecule has 0 saturated heterocycles. The smallest absolute Gasteiger partial charge is 0.165 e. The third-order valence-corrected chi connectivity index (χ3v) is 2.55. The standard InChI is InChI=1S/C13H27N5O/c1-11(2)8-14-9-13-15-16-17-18(13)6-5-7-19-10-12(3)4/h11-12,14H,5-10H2,1-4H3. The van der Waals surface area contributed by atoms with Crippen molar-refractivity contribution in [1.29, 1.82) is 0 Å². The summed E-state index contributed by atoms with van der Waals surface area (Å²) in [6.07, 6.45) is 0.939. The zero-order chi connectivity index (χ0) is 14.1. The number of nitrogens with zero attached hydrogens (tertiary/aromatic N) is 4. The van der Waals surface area contributed by atoms with Gasteiger partial charge in [0, 0.05) is 19.8 Å². The Morgan fingerprint density at radius 1 is 1.21 bits per heavy atom. The summed E-state index contributed by atoms with van der Waals surface area (Å²) < 4.78 is 7.40. The lowest BCUT2D eigenvalue weighted by Gasteiger charge is -2.09. The molecule has 110 valence electrons. The Bertz CT molecular complexity index is 338. The largest absolute Gasteiger partial charge is 0.381 e. The summed E-state index contributed by atoms with van der Waals surface area (Å²) in [7, 11) is 0. The fourth-order valence-electron chi connectivity index (χ4n) is 1.63. The van der Waals surface area contributed by atoms with E-state index in [1.54, 1.807) is 0 Å². The molecule has 0 amide bonds. The van der Waals surface area contributed by atoms with Gasteiger partial charge in [0.05, 0.1) is 6.54 Å². The highest BCUT2D eigenvalue weighted by Crippen LogP contribution is 1.98. The molecule has 6 nitrogen and oxygen atoms in total. The molecule has 0 aromatic carbocycles. The first kappa shape index (κ1) is 16.0. The highest BCUT2D eigenvalue weighted by molar-refractivity contribution is 4.79. The number of hydrogen-bond acceptors (Lipinski definition) is 5. The molecule has 0 aliphatic rings. The SMILES string of the molecule is CC(C)CNCc1nnnn1CCCOCC(C)C. The van der Waals surface area contributed by atoms with Crippen LogP contribution in [0, 0.1) is 11.8 Å². The number of hydrogen-bond donors (Lipinski definition) is 1. The summed E-state index contributed by atoms with van der Waals surface area (Å²) in [5, 5.41) is 15.1. The Kier molecular flexibility index (Phi) is 7.59. The van der Waals surface area contributed by atoms with E-state index in [4.69, 9.17) is 4.74 Å². The van der Waals surface area contributed by atoms with E-state index in [-0.39, 0.29) is 0 Å². The molecular formula is C13H27N5O. The number of aromatic nitrogens is 4. The predicted molar refractivity (Wildman–Crippen MR) is 74.6 cm³/mol. The molecule has 1 aromatic heterocycles. The minimum Gasteiger partial charge on any atom is -0.381 e. The first-order valence-corrected chi connectivity index (χ1v) is 7.13. The van der Waals surface area contributed by atoms with Gasteiger partial charge in [-0.15, -0.1) is 5.10 Å². The first-order chi connectivity index (χ1) is 9.09. The maximum atomic E-state index is 5.55. The summed E-state index contributed by atoms with van der Waals surface area (Å²) in [5.74, 6) is 2.11. The molecule has 1 heterocycles. The average molecular weight is 269 g/mol. The van der Waals surface area contributed by atoms with Crippen molar-refractivity contribution in [1.82, 2.24) is 25.5 Å². The molecule has 0 bridgehead atoms. The van der Waals surface area contributed by atoms with Gasteiger partial charge in [0.2, 0.25) is 0 Å². The predicted octanol–water partition coefficient (Wildman–Crippen LogP) is 1.48. The lowest BCUT2D eigenvalue weighted by atomic mass is 10.2. The van der Waals surface area contributed by atoms with Gasteiger partial charge in [-0.25, -0.2) is 4.68 Å². The Hall–Kier alpha value is -1.01. The van der Waals surface area contributed by atoms with Crippen LogP contribution in [0.3, 0.4) is 0 Å². The second kappa shape index (κ2) is 8.98. The molecule has 6 heteroatoms. The summed E-state index contributed by atoms with van der Waals surface area (Å²) >= 11 is 0. The third kappa shape index (κ3) is 7.22. The number of nitrogens with one attached hydrogen (secondary N) is 1. The molecule has 1 aromatic rings. The monoisotopic (exact) mass is 269 g/mol. The van der Waals surface area contributed by atoms with E-state index in [1.807, 2.05) is 4.68 Å². The second-order valence-corrected chi connectivity index (χ2v) is 5.67. The van der Waals surface area contributed by atoms with Gasteiger partial charge in [0.1, 0.15) is 0 Å². The Morgan fingerprint density at radius 2 is 2.00 bits per heavy atom. The topological polar surface area (TPSA) is 64.9 Å². The highest BCUT2D eigenvalue weighted by atomic mass is 16.5. The van der Waals surface area contributed by atoms with Crippen molar-refractivity contribution in [2.75, 3.05) is 19.8 Å². The van der Waals surface area contributed by atoms with Crippen LogP contribution in [0.15, 0.2) is 0 Å². The third-order valence-electron chi connectivity index (χ3n) is 2.55. The van der Waals surface area contributed by atoms with Crippen molar-refractivity contribution in [3.05, 3.63) is 5.82 Å². The van der Waals surface area contributed by atoms with Crippen molar-refractivity contribution in [3.63, 3.8) is 0 Å². The van der Waals surface area contributed by atoms with E-state index in [1.165, 1.54) is 0 Å². The Labute approximate surface area is 115 Å². The average Bonchev–Trinajstić information content (AvgIpc) is 2.75. The summed E-state index contributed by atoms with van der Waals surface area (Å²) in [6, 6.07) is 0. The van der Waals surface area contributed by atoms with Gasteiger partial charge >= 0.3 is 0 Å². The number of tetrazole rings is 1. The van der Waals surface area contributed by atoms with E-state index in [0.717, 1.165) is 45.1 Å². The molecule has 0 fully saturated rings. The molecule has 0 saturated carbocycles. The van der Waals surface area contributed by atoms with Crippen molar-refractivity contribution in [3.8, 4) is 0 Å². The molecule has 0 atom stereocenters. The maximum Gasteiger partial charge on any atom is 0.165 e. The van der Waals surface area contributed by atoms with Gasteiger partial charge in [-0.2, -0.15) is 0 Å². The van der Waals surface area contributed by atoms with Crippen LogP contribution in [0.2, 0.25) is 0 Å². The number of aryl methyl sites for hydroxylation is 1. The minimum atomic E-state index is 0.587. The minimum absolute atomic E-state index is 0.587. The van der Waals surface area contributed by atoms with E-state index < -0.39 is 0 Å². The van der Waals surface area contributed by atoms with Crippen LogP contribution < -0.4 is 5.32 Å². The van der Waals surface area contributed by atoms with Crippen LogP contribution in [0.25, 0.3) is 0 Å². The van der Waals surface area contributed by atoms with Gasteiger partial charge in [0.25, 0.3) is 0 Å². The molecule has 0 spiro atoms. The second-order valence-electron chi connectivity index (χ2n) is 5.67. The van der Waals surface area contributed by atoms with Crippen molar-refractivity contribution < 1.29 is 4.74 Å². The maximum absolute atomic E-state index is 5.55. The van der Waals surface area contributed by atoms with Crippen LogP contribution >= 0.6 is 0 Å². The van der Waals surface area contributed by atoms with Crippen LogP contribution in [0.5, 0.6) is 0 Å². The van der Waals surface area contributed by atoms with Gasteiger partial charge in [-0.05, 0) is 35.2 Å². The normalized spacial score (nSPS) is 11.7. The zero-order valence-corrected chi connectivity index (χ0v) is 12.6. The molecule has 0 radical (unpaired) electrons. The molecule has 0 aliphatic carbocycles. The molecule has 0 unspecified atom stereocenters. The van der Waals surface area contributed by atoms with E-state index >= 15 is 0 Å². The summed E-state index contributed by atoms with van der Waals surface area (Å²) in [6.45, 7) is 12.8. The zero-order valence-electron chi connectivity index (χ0n) is 12.6. The van der Waals surface area contributed by atoms with Crippen LogP contribution in [-0.2, 0) is 17.8 Å². The fraction of sp³-hybridized carbons (Fsp3) is 0.923. The molecule has 19 heavy (non-hydrogen) atoms. The Morgan fingerprint density at radius 3 is 2.68 bits per heavy atom. The lowest BCUT2D eigenvalue weighted by Crippen LogP contribution is -2.22. The number of rotatable bonds is 10. The first-order valence-electron chi connectivity index (χ1n) is 7.13. The van der Waals surface area contributed by atoms with Crippen LogP contribution in [0.1, 0.15) is 39.9 Å². The van der Waals surface area contributed by atoms with Crippen molar-refractivity contribution in [2.24, 2.45) is 11.8 Å².